The van der Waals surface area contributed by atoms with E-state index in [-0.39, 0.29) is 31.6 Å². The molecule has 1 aromatic rings. The van der Waals surface area contributed by atoms with E-state index < -0.39 is 39.4 Å². The van der Waals surface area contributed by atoms with E-state index in [1.807, 2.05) is 38.1 Å². The van der Waals surface area contributed by atoms with E-state index in [1.54, 1.807) is 29.2 Å². The molecule has 0 aromatic heterocycles. The number of fused-ring (bicyclic) bond motifs is 2. The standard InChI is InChI=1S/C25H27ClN2O5S/c1-3-15(14-29)28-20-22(31)27(17-9-5-4-8-16(17)26)12-6-11-25(20)18(21(28)30)19-23(32)33-13-7-10-24(19,2)34-25/h4-11,15,18-20,29H,3,12-14H2,1-2H3/t15-,18-,19+,20?,24-,25-/m0/s1. The SMILES string of the molecule is CC[C@@H](CO)N1C(=O)[C@@H]2[C@@H]3C(=O)OCC=C[C@]3(C)S[C@@]23C=CCN(c2ccccc2Cl)C(=O)C13. The first-order valence-corrected chi connectivity index (χ1v) is 12.7. The van der Waals surface area contributed by atoms with Gasteiger partial charge in [-0.05, 0) is 31.6 Å². The van der Waals surface area contributed by atoms with E-state index in [1.165, 1.54) is 16.7 Å². The minimum absolute atomic E-state index is 0.163. The van der Waals surface area contributed by atoms with Gasteiger partial charge in [0.1, 0.15) is 12.6 Å². The Labute approximate surface area is 207 Å². The lowest BCUT2D eigenvalue weighted by molar-refractivity contribution is -0.153. The fourth-order valence-electron chi connectivity index (χ4n) is 5.99. The van der Waals surface area contributed by atoms with E-state index in [9.17, 15) is 19.5 Å². The van der Waals surface area contributed by atoms with Crippen molar-refractivity contribution in [3.8, 4) is 0 Å². The number of thioether (sulfide) groups is 1. The van der Waals surface area contributed by atoms with Crippen LogP contribution < -0.4 is 4.90 Å². The number of ether oxygens (including phenoxy) is 1. The number of rotatable bonds is 4. The summed E-state index contributed by atoms with van der Waals surface area (Å²) in [5.74, 6) is -2.52. The van der Waals surface area contributed by atoms with Crippen molar-refractivity contribution in [2.75, 3.05) is 24.7 Å². The van der Waals surface area contributed by atoms with Gasteiger partial charge >= 0.3 is 5.97 Å². The van der Waals surface area contributed by atoms with Crippen LogP contribution in [0.25, 0.3) is 0 Å². The third kappa shape index (κ3) is 3.18. The number of nitrogens with zero attached hydrogens (tertiary/aromatic N) is 2. The van der Waals surface area contributed by atoms with E-state index in [0.29, 0.717) is 17.1 Å². The number of halogens is 1. The third-order valence-electron chi connectivity index (χ3n) is 7.47. The maximum Gasteiger partial charge on any atom is 0.311 e. The van der Waals surface area contributed by atoms with Crippen molar-refractivity contribution in [1.82, 2.24) is 4.90 Å². The summed E-state index contributed by atoms with van der Waals surface area (Å²) in [6.45, 7) is 3.98. The number of likely N-dealkylation sites (tertiary alicyclic amines) is 1. The van der Waals surface area contributed by atoms with Crippen molar-refractivity contribution in [1.29, 1.82) is 0 Å². The zero-order valence-electron chi connectivity index (χ0n) is 19.0. The van der Waals surface area contributed by atoms with Crippen LogP contribution in [0.2, 0.25) is 5.02 Å². The third-order valence-corrected chi connectivity index (χ3v) is 9.59. The van der Waals surface area contributed by atoms with Gasteiger partial charge in [0, 0.05) is 11.3 Å². The van der Waals surface area contributed by atoms with Crippen molar-refractivity contribution in [3.63, 3.8) is 0 Å². The molecule has 4 heterocycles. The second-order valence-electron chi connectivity index (χ2n) is 9.32. The molecule has 5 rings (SSSR count). The van der Waals surface area contributed by atoms with Crippen LogP contribution in [-0.2, 0) is 19.1 Å². The van der Waals surface area contributed by atoms with Gasteiger partial charge < -0.3 is 19.6 Å². The quantitative estimate of drug-likeness (QED) is 0.503. The Morgan fingerprint density at radius 3 is 2.65 bits per heavy atom. The highest BCUT2D eigenvalue weighted by atomic mass is 35.5. The summed E-state index contributed by atoms with van der Waals surface area (Å²) in [5, 5.41) is 10.6. The molecule has 2 fully saturated rings. The van der Waals surface area contributed by atoms with Crippen molar-refractivity contribution < 1.29 is 24.2 Å². The first kappa shape index (κ1) is 23.5. The van der Waals surface area contributed by atoms with Crippen LogP contribution in [0.15, 0.2) is 48.6 Å². The van der Waals surface area contributed by atoms with E-state index in [4.69, 9.17) is 16.3 Å². The molecule has 34 heavy (non-hydrogen) atoms. The molecule has 0 saturated carbocycles. The zero-order valence-corrected chi connectivity index (χ0v) is 20.6. The first-order valence-electron chi connectivity index (χ1n) is 11.5. The van der Waals surface area contributed by atoms with Gasteiger partial charge in [-0.1, -0.05) is 48.9 Å². The number of benzene rings is 1. The topological polar surface area (TPSA) is 87.2 Å². The van der Waals surface area contributed by atoms with Crippen molar-refractivity contribution in [3.05, 3.63) is 53.6 Å². The number of aliphatic hydroxyl groups is 1. The van der Waals surface area contributed by atoms with Crippen LogP contribution in [0.3, 0.4) is 0 Å². The summed E-state index contributed by atoms with van der Waals surface area (Å²) in [4.78, 5) is 44.6. The number of para-hydroxylation sites is 1. The van der Waals surface area contributed by atoms with Crippen LogP contribution in [-0.4, -0.2) is 69.1 Å². The lowest BCUT2D eigenvalue weighted by atomic mass is 9.75. The van der Waals surface area contributed by atoms with Gasteiger partial charge in [-0.3, -0.25) is 14.4 Å². The summed E-state index contributed by atoms with van der Waals surface area (Å²) in [6.07, 6.45) is 8.04. The Hall–Kier alpha value is -2.29. The highest BCUT2D eigenvalue weighted by molar-refractivity contribution is 8.02. The van der Waals surface area contributed by atoms with Gasteiger partial charge in [-0.2, -0.15) is 0 Å². The Balaban J connectivity index is 1.70. The molecule has 1 N–H and O–H groups in total. The maximum atomic E-state index is 14.3. The number of carbonyl (C=O) groups excluding carboxylic acids is 3. The summed E-state index contributed by atoms with van der Waals surface area (Å²) in [5.41, 5.74) is 0.562. The average molecular weight is 503 g/mol. The minimum atomic E-state index is -0.979. The summed E-state index contributed by atoms with van der Waals surface area (Å²) in [7, 11) is 0. The Morgan fingerprint density at radius 1 is 1.18 bits per heavy atom. The molecule has 180 valence electrons. The molecule has 0 aliphatic carbocycles. The molecule has 1 unspecified atom stereocenters. The Kier molecular flexibility index (Phi) is 5.81. The molecular weight excluding hydrogens is 476 g/mol. The lowest BCUT2D eigenvalue weighted by Gasteiger charge is -2.39. The van der Waals surface area contributed by atoms with Crippen LogP contribution >= 0.6 is 23.4 Å². The normalized spacial score (nSPS) is 35.4. The number of hydrogen-bond donors (Lipinski definition) is 1. The maximum absolute atomic E-state index is 14.3. The average Bonchev–Trinajstić information content (AvgIpc) is 3.07. The number of hydrogen-bond acceptors (Lipinski definition) is 6. The summed E-state index contributed by atoms with van der Waals surface area (Å²) < 4.78 is 3.75. The van der Waals surface area contributed by atoms with Gasteiger partial charge in [0.05, 0.1) is 39.9 Å². The number of aliphatic hydroxyl groups excluding tert-OH is 1. The fourth-order valence-corrected chi connectivity index (χ4v) is 8.37. The molecule has 2 saturated heterocycles. The van der Waals surface area contributed by atoms with Gasteiger partial charge in [-0.25, -0.2) is 0 Å². The Morgan fingerprint density at radius 2 is 1.94 bits per heavy atom. The zero-order chi connectivity index (χ0) is 24.3. The molecular formula is C25H27ClN2O5S. The molecule has 2 amide bonds. The predicted molar refractivity (Wildman–Crippen MR) is 131 cm³/mol. The second-order valence-corrected chi connectivity index (χ2v) is 11.5. The molecule has 6 atom stereocenters. The number of cyclic esters (lactones) is 1. The van der Waals surface area contributed by atoms with E-state index >= 15 is 0 Å². The van der Waals surface area contributed by atoms with Gasteiger partial charge in [-0.15, -0.1) is 11.8 Å². The monoisotopic (exact) mass is 502 g/mol. The molecule has 1 aromatic carbocycles. The number of anilines is 1. The van der Waals surface area contributed by atoms with Crippen LogP contribution in [0.5, 0.6) is 0 Å². The minimum Gasteiger partial charge on any atom is -0.461 e. The van der Waals surface area contributed by atoms with Gasteiger partial charge in [0.15, 0.2) is 0 Å². The van der Waals surface area contributed by atoms with E-state index in [0.717, 1.165) is 0 Å². The number of amides is 2. The summed E-state index contributed by atoms with van der Waals surface area (Å²) in [6, 6.07) is 5.67. The molecule has 4 aliphatic rings. The van der Waals surface area contributed by atoms with Gasteiger partial charge in [0.25, 0.3) is 5.91 Å². The first-order chi connectivity index (χ1) is 16.3. The van der Waals surface area contributed by atoms with Crippen molar-refractivity contribution in [2.45, 2.75) is 41.8 Å². The predicted octanol–water partition coefficient (Wildman–Crippen LogP) is 2.81. The molecule has 0 radical (unpaired) electrons. The molecule has 0 bridgehead atoms. The van der Waals surface area contributed by atoms with Crippen LogP contribution in [0.4, 0.5) is 5.69 Å². The van der Waals surface area contributed by atoms with Crippen LogP contribution in [0.1, 0.15) is 20.3 Å². The highest BCUT2D eigenvalue weighted by Crippen LogP contribution is 2.65. The smallest absolute Gasteiger partial charge is 0.311 e. The number of esters is 1. The molecule has 4 aliphatic heterocycles. The van der Waals surface area contributed by atoms with Gasteiger partial charge in [0.2, 0.25) is 5.91 Å². The Bertz CT molecular complexity index is 1100. The lowest BCUT2D eigenvalue weighted by Crippen LogP contribution is -2.56. The van der Waals surface area contributed by atoms with Crippen molar-refractivity contribution >= 4 is 46.8 Å². The number of carbonyl (C=O) groups is 3. The van der Waals surface area contributed by atoms with Crippen LogP contribution in [0, 0.1) is 11.8 Å². The molecule has 9 heteroatoms. The second kappa shape index (κ2) is 8.43. The molecule has 1 spiro atoms. The largest absolute Gasteiger partial charge is 0.461 e. The van der Waals surface area contributed by atoms with E-state index in [2.05, 4.69) is 0 Å². The fraction of sp³-hybridized carbons (Fsp3) is 0.480. The summed E-state index contributed by atoms with van der Waals surface area (Å²) >= 11 is 7.94. The van der Waals surface area contributed by atoms with Crippen molar-refractivity contribution in [2.24, 2.45) is 11.8 Å². The highest BCUT2D eigenvalue weighted by Gasteiger charge is 2.74. The molecule has 7 nitrogen and oxygen atoms in total.